The number of thiophene rings is 1. The highest BCUT2D eigenvalue weighted by Gasteiger charge is 2.23. The Morgan fingerprint density at radius 1 is 1.19 bits per heavy atom. The van der Waals surface area contributed by atoms with Gasteiger partial charge in [-0.05, 0) is 36.8 Å². The van der Waals surface area contributed by atoms with Crippen molar-refractivity contribution >= 4 is 37.2 Å². The van der Waals surface area contributed by atoms with E-state index in [-0.39, 0.29) is 23.2 Å². The van der Waals surface area contributed by atoms with Crippen LogP contribution in [0.15, 0.2) is 47.4 Å². The summed E-state index contributed by atoms with van der Waals surface area (Å²) in [6, 6.07) is 11.1. The van der Waals surface area contributed by atoms with Crippen LogP contribution in [0, 0.1) is 5.82 Å². The highest BCUT2D eigenvalue weighted by molar-refractivity contribution is 7.90. The molecule has 0 saturated heterocycles. The van der Waals surface area contributed by atoms with Gasteiger partial charge in [-0.25, -0.2) is 12.8 Å². The summed E-state index contributed by atoms with van der Waals surface area (Å²) in [5.74, 6) is -0.113. The molecule has 0 saturated carbocycles. The number of ether oxygens (including phenoxy) is 2. The summed E-state index contributed by atoms with van der Waals surface area (Å²) in [4.78, 5) is 15.2. The summed E-state index contributed by atoms with van der Waals surface area (Å²) in [7, 11) is -0.106. The van der Waals surface area contributed by atoms with Gasteiger partial charge in [0.25, 0.3) is 5.91 Å². The molecule has 0 aliphatic carbocycles. The zero-order valence-corrected chi connectivity index (χ0v) is 19.2. The average molecular weight is 466 g/mol. The van der Waals surface area contributed by atoms with Crippen molar-refractivity contribution in [2.75, 3.05) is 33.6 Å². The number of carbonyl (C=O) groups is 1. The van der Waals surface area contributed by atoms with Crippen LogP contribution in [0.25, 0.3) is 10.1 Å². The molecule has 0 aliphatic heterocycles. The second-order valence-electron chi connectivity index (χ2n) is 7.13. The second-order valence-corrected chi connectivity index (χ2v) is 10.2. The standard InChI is InChI=1S/C22H24FNO5S2/c1-24(11-6-12-29-15-7-4-8-16(13-15)31(3,26)27)22(25)21-17(14-28-2)20-18(23)9-5-10-19(20)30-21/h4-5,7-10,13H,6,11-12,14H2,1-3H3. The molecule has 0 atom stereocenters. The normalized spacial score (nSPS) is 11.6. The molecule has 0 radical (unpaired) electrons. The van der Waals surface area contributed by atoms with Crippen molar-refractivity contribution in [3.63, 3.8) is 0 Å². The number of halogens is 1. The van der Waals surface area contributed by atoms with Gasteiger partial charge in [0.05, 0.1) is 23.0 Å². The molecule has 6 nitrogen and oxygen atoms in total. The minimum atomic E-state index is -3.30. The Kier molecular flexibility index (Phi) is 7.30. The molecule has 0 N–H and O–H groups in total. The first kappa shape index (κ1) is 23.2. The zero-order chi connectivity index (χ0) is 22.6. The van der Waals surface area contributed by atoms with Gasteiger partial charge in [0.2, 0.25) is 0 Å². The summed E-state index contributed by atoms with van der Waals surface area (Å²) in [6.45, 7) is 0.889. The van der Waals surface area contributed by atoms with Gasteiger partial charge in [-0.2, -0.15) is 0 Å². The largest absolute Gasteiger partial charge is 0.493 e. The van der Waals surface area contributed by atoms with Crippen LogP contribution in [-0.4, -0.2) is 52.8 Å². The molecule has 3 rings (SSSR count). The highest BCUT2D eigenvalue weighted by Crippen LogP contribution is 2.34. The lowest BCUT2D eigenvalue weighted by molar-refractivity contribution is 0.0788. The smallest absolute Gasteiger partial charge is 0.264 e. The number of fused-ring (bicyclic) bond motifs is 1. The zero-order valence-electron chi connectivity index (χ0n) is 17.6. The fourth-order valence-electron chi connectivity index (χ4n) is 3.18. The molecule has 1 amide bonds. The molecular weight excluding hydrogens is 441 g/mol. The van der Waals surface area contributed by atoms with Gasteiger partial charge in [-0.15, -0.1) is 11.3 Å². The number of sulfone groups is 1. The van der Waals surface area contributed by atoms with Gasteiger partial charge in [0.1, 0.15) is 11.6 Å². The number of rotatable bonds is 9. The summed E-state index contributed by atoms with van der Waals surface area (Å²) >= 11 is 1.26. The van der Waals surface area contributed by atoms with Crippen LogP contribution >= 0.6 is 11.3 Å². The maximum absolute atomic E-state index is 14.3. The van der Waals surface area contributed by atoms with Crippen molar-refractivity contribution in [2.24, 2.45) is 0 Å². The van der Waals surface area contributed by atoms with E-state index in [4.69, 9.17) is 9.47 Å². The second kappa shape index (κ2) is 9.76. The Bertz CT molecular complexity index is 1190. The number of methoxy groups -OCH3 is 1. The van der Waals surface area contributed by atoms with Crippen molar-refractivity contribution in [3.05, 3.63) is 58.7 Å². The molecule has 0 aliphatic rings. The first-order valence-electron chi connectivity index (χ1n) is 9.59. The molecule has 0 unspecified atom stereocenters. The third kappa shape index (κ3) is 5.41. The van der Waals surface area contributed by atoms with Crippen LogP contribution in [0.1, 0.15) is 21.7 Å². The predicted molar refractivity (Wildman–Crippen MR) is 119 cm³/mol. The first-order chi connectivity index (χ1) is 14.7. The number of nitrogens with zero attached hydrogens (tertiary/aromatic N) is 1. The van der Waals surface area contributed by atoms with Gasteiger partial charge < -0.3 is 14.4 Å². The van der Waals surface area contributed by atoms with Crippen LogP contribution < -0.4 is 4.74 Å². The van der Waals surface area contributed by atoms with E-state index >= 15 is 0 Å². The first-order valence-corrected chi connectivity index (χ1v) is 12.3. The van der Waals surface area contributed by atoms with E-state index in [1.165, 1.54) is 36.6 Å². The van der Waals surface area contributed by atoms with Crippen molar-refractivity contribution in [1.29, 1.82) is 0 Å². The topological polar surface area (TPSA) is 72.9 Å². The number of carbonyl (C=O) groups excluding carboxylic acids is 1. The van der Waals surface area contributed by atoms with Crippen molar-refractivity contribution in [2.45, 2.75) is 17.9 Å². The maximum atomic E-state index is 14.3. The Balaban J connectivity index is 1.64. The minimum absolute atomic E-state index is 0.148. The number of hydrogen-bond donors (Lipinski definition) is 0. The monoisotopic (exact) mass is 465 g/mol. The number of amides is 1. The molecule has 31 heavy (non-hydrogen) atoms. The lowest BCUT2D eigenvalue weighted by atomic mass is 10.1. The Labute approximate surface area is 185 Å². The molecular formula is C22H24FNO5S2. The maximum Gasteiger partial charge on any atom is 0.264 e. The van der Waals surface area contributed by atoms with E-state index in [0.29, 0.717) is 45.8 Å². The van der Waals surface area contributed by atoms with E-state index in [1.807, 2.05) is 0 Å². The van der Waals surface area contributed by atoms with Gasteiger partial charge in [0.15, 0.2) is 9.84 Å². The van der Waals surface area contributed by atoms with E-state index in [2.05, 4.69) is 0 Å². The molecule has 0 fully saturated rings. The summed E-state index contributed by atoms with van der Waals surface area (Å²) in [6.07, 6.45) is 1.69. The molecule has 1 heterocycles. The molecule has 0 bridgehead atoms. The fourth-order valence-corrected chi connectivity index (χ4v) is 5.06. The minimum Gasteiger partial charge on any atom is -0.493 e. The Morgan fingerprint density at radius 3 is 2.65 bits per heavy atom. The van der Waals surface area contributed by atoms with Crippen LogP contribution in [0.3, 0.4) is 0 Å². The Morgan fingerprint density at radius 2 is 1.94 bits per heavy atom. The quantitative estimate of drug-likeness (QED) is 0.444. The lowest BCUT2D eigenvalue weighted by Gasteiger charge is -2.17. The van der Waals surface area contributed by atoms with E-state index in [1.54, 1.807) is 36.2 Å². The van der Waals surface area contributed by atoms with Crippen LogP contribution in [0.2, 0.25) is 0 Å². The number of benzene rings is 2. The van der Waals surface area contributed by atoms with Gasteiger partial charge in [-0.3, -0.25) is 4.79 Å². The average Bonchev–Trinajstić information content (AvgIpc) is 3.10. The molecule has 166 valence electrons. The third-order valence-corrected chi connectivity index (χ3v) is 7.03. The lowest BCUT2D eigenvalue weighted by Crippen LogP contribution is -2.28. The summed E-state index contributed by atoms with van der Waals surface area (Å²) in [5.41, 5.74) is 0.561. The van der Waals surface area contributed by atoms with E-state index in [9.17, 15) is 17.6 Å². The highest BCUT2D eigenvalue weighted by atomic mass is 32.2. The molecule has 2 aromatic carbocycles. The predicted octanol–water partition coefficient (Wildman–Crippen LogP) is 4.13. The van der Waals surface area contributed by atoms with Crippen LogP contribution in [0.4, 0.5) is 4.39 Å². The third-order valence-electron chi connectivity index (χ3n) is 4.73. The van der Waals surface area contributed by atoms with Gasteiger partial charge in [0, 0.05) is 42.6 Å². The molecule has 0 spiro atoms. The van der Waals surface area contributed by atoms with Crippen molar-refractivity contribution in [3.8, 4) is 5.75 Å². The van der Waals surface area contributed by atoms with Crippen molar-refractivity contribution in [1.82, 2.24) is 4.90 Å². The number of hydrogen-bond acceptors (Lipinski definition) is 6. The van der Waals surface area contributed by atoms with Crippen molar-refractivity contribution < 1.29 is 27.1 Å². The SMILES string of the molecule is COCc1c(C(=O)N(C)CCCOc2cccc(S(C)(=O)=O)c2)sc2cccc(F)c12. The molecule has 9 heteroatoms. The Hall–Kier alpha value is -2.49. The van der Waals surface area contributed by atoms with E-state index in [0.717, 1.165) is 6.26 Å². The summed E-state index contributed by atoms with van der Waals surface area (Å²) < 4.78 is 49.2. The molecule has 3 aromatic rings. The van der Waals surface area contributed by atoms with E-state index < -0.39 is 9.84 Å². The fraction of sp³-hybridized carbons (Fsp3) is 0.318. The summed E-state index contributed by atoms with van der Waals surface area (Å²) in [5, 5.41) is 0.431. The molecule has 1 aromatic heterocycles. The van der Waals surface area contributed by atoms with Crippen LogP contribution in [0.5, 0.6) is 5.75 Å². The van der Waals surface area contributed by atoms with Gasteiger partial charge >= 0.3 is 0 Å². The van der Waals surface area contributed by atoms with Crippen LogP contribution in [-0.2, 0) is 21.2 Å². The van der Waals surface area contributed by atoms with Gasteiger partial charge in [-0.1, -0.05) is 12.1 Å².